The molecule has 0 spiro atoms. The van der Waals surface area contributed by atoms with Gasteiger partial charge in [-0.3, -0.25) is 14.5 Å². The Kier molecular flexibility index (Phi) is 3.77. The number of amides is 1. The zero-order valence-electron chi connectivity index (χ0n) is 11.3. The summed E-state index contributed by atoms with van der Waals surface area (Å²) in [6, 6.07) is 9.24. The van der Waals surface area contributed by atoms with Gasteiger partial charge in [-0.1, -0.05) is 6.07 Å². The summed E-state index contributed by atoms with van der Waals surface area (Å²) in [6.07, 6.45) is 6.73. The Morgan fingerprint density at radius 3 is 2.90 bits per heavy atom. The van der Waals surface area contributed by atoms with Crippen molar-refractivity contribution in [2.45, 2.75) is 13.1 Å². The molecule has 3 rings (SSSR count). The zero-order valence-corrected chi connectivity index (χ0v) is 11.3. The maximum absolute atomic E-state index is 11.7. The number of carbonyl (C=O) groups excluding carboxylic acids is 1. The molecule has 0 aliphatic carbocycles. The number of carbonyl (C=O) groups is 1. The summed E-state index contributed by atoms with van der Waals surface area (Å²) < 4.78 is 6.85. The van der Waals surface area contributed by atoms with Crippen molar-refractivity contribution < 1.29 is 9.21 Å². The predicted molar refractivity (Wildman–Crippen MR) is 76.0 cm³/mol. The molecular formula is C15H14N4O2. The highest BCUT2D eigenvalue weighted by Gasteiger charge is 2.04. The van der Waals surface area contributed by atoms with Crippen LogP contribution in [-0.4, -0.2) is 20.7 Å². The molecule has 0 saturated heterocycles. The van der Waals surface area contributed by atoms with Crippen LogP contribution >= 0.6 is 0 Å². The molecule has 0 radical (unpaired) electrons. The molecule has 0 aliphatic heterocycles. The summed E-state index contributed by atoms with van der Waals surface area (Å²) in [5, 5.41) is 6.81. The van der Waals surface area contributed by atoms with Crippen LogP contribution in [0.1, 0.15) is 5.56 Å². The van der Waals surface area contributed by atoms with E-state index in [2.05, 4.69) is 15.4 Å². The standard InChI is InChI=1S/C15H14N4O2/c20-15(11-19-7-2-6-18-19)17-10-12-4-5-13(16-9-12)14-3-1-8-21-14/h1-9H,10-11H2,(H,17,20). The molecule has 0 atom stereocenters. The maximum Gasteiger partial charge on any atom is 0.241 e. The molecule has 0 aromatic carbocycles. The molecule has 1 amide bonds. The van der Waals surface area contributed by atoms with Gasteiger partial charge < -0.3 is 9.73 Å². The summed E-state index contributed by atoms with van der Waals surface area (Å²) in [4.78, 5) is 16.0. The van der Waals surface area contributed by atoms with Gasteiger partial charge in [-0.25, -0.2) is 0 Å². The zero-order chi connectivity index (χ0) is 14.5. The van der Waals surface area contributed by atoms with E-state index < -0.39 is 0 Å². The Morgan fingerprint density at radius 1 is 1.29 bits per heavy atom. The number of hydrogen-bond acceptors (Lipinski definition) is 4. The molecule has 6 nitrogen and oxygen atoms in total. The molecule has 1 N–H and O–H groups in total. The lowest BCUT2D eigenvalue weighted by Gasteiger charge is -2.05. The third kappa shape index (κ3) is 3.36. The second-order valence-electron chi connectivity index (χ2n) is 4.51. The summed E-state index contributed by atoms with van der Waals surface area (Å²) in [5.41, 5.74) is 1.70. The lowest BCUT2D eigenvalue weighted by atomic mass is 10.2. The third-order valence-electron chi connectivity index (χ3n) is 2.95. The fourth-order valence-corrected chi connectivity index (χ4v) is 1.90. The van der Waals surface area contributed by atoms with E-state index in [9.17, 15) is 4.79 Å². The average Bonchev–Trinajstić information content (AvgIpc) is 3.19. The van der Waals surface area contributed by atoms with E-state index >= 15 is 0 Å². The van der Waals surface area contributed by atoms with Crippen molar-refractivity contribution in [3.05, 3.63) is 60.7 Å². The summed E-state index contributed by atoms with van der Waals surface area (Å²) in [6.45, 7) is 0.649. The molecule has 0 bridgehead atoms. The van der Waals surface area contributed by atoms with Crippen LogP contribution in [0.15, 0.2) is 59.6 Å². The highest BCUT2D eigenvalue weighted by Crippen LogP contribution is 2.16. The van der Waals surface area contributed by atoms with Crippen LogP contribution in [-0.2, 0) is 17.9 Å². The van der Waals surface area contributed by atoms with Gasteiger partial charge in [0.05, 0.1) is 6.26 Å². The minimum Gasteiger partial charge on any atom is -0.463 e. The molecule has 0 saturated carbocycles. The number of rotatable bonds is 5. The Hall–Kier alpha value is -2.89. The van der Waals surface area contributed by atoms with Crippen LogP contribution in [0.3, 0.4) is 0 Å². The quantitative estimate of drug-likeness (QED) is 0.775. The van der Waals surface area contributed by atoms with Gasteiger partial charge in [0.2, 0.25) is 5.91 Å². The summed E-state index contributed by atoms with van der Waals surface area (Å²) in [7, 11) is 0. The molecule has 106 valence electrons. The van der Waals surface area contributed by atoms with Crippen molar-refractivity contribution in [2.75, 3.05) is 0 Å². The van der Waals surface area contributed by atoms with Crippen molar-refractivity contribution in [2.24, 2.45) is 0 Å². The summed E-state index contributed by atoms with van der Waals surface area (Å²) >= 11 is 0. The smallest absolute Gasteiger partial charge is 0.241 e. The lowest BCUT2D eigenvalue weighted by molar-refractivity contribution is -0.122. The predicted octanol–water partition coefficient (Wildman–Crippen LogP) is 1.85. The second-order valence-corrected chi connectivity index (χ2v) is 4.51. The molecule has 0 unspecified atom stereocenters. The maximum atomic E-state index is 11.7. The van der Waals surface area contributed by atoms with Gasteiger partial charge in [0.15, 0.2) is 5.76 Å². The number of pyridine rings is 1. The van der Waals surface area contributed by atoms with E-state index in [0.29, 0.717) is 6.54 Å². The first-order chi connectivity index (χ1) is 10.3. The van der Waals surface area contributed by atoms with Gasteiger partial charge in [0.25, 0.3) is 0 Å². The monoisotopic (exact) mass is 282 g/mol. The lowest BCUT2D eigenvalue weighted by Crippen LogP contribution is -2.27. The van der Waals surface area contributed by atoms with E-state index in [0.717, 1.165) is 17.0 Å². The van der Waals surface area contributed by atoms with E-state index in [4.69, 9.17) is 4.42 Å². The first-order valence-electron chi connectivity index (χ1n) is 6.54. The second kappa shape index (κ2) is 6.04. The number of furan rings is 1. The van der Waals surface area contributed by atoms with Gasteiger partial charge in [-0.15, -0.1) is 0 Å². The Balaban J connectivity index is 1.55. The first-order valence-corrected chi connectivity index (χ1v) is 6.54. The van der Waals surface area contributed by atoms with E-state index in [1.54, 1.807) is 35.6 Å². The van der Waals surface area contributed by atoms with E-state index in [1.807, 2.05) is 24.3 Å². The van der Waals surface area contributed by atoms with Crippen molar-refractivity contribution in [3.63, 3.8) is 0 Å². The Bertz CT molecular complexity index is 688. The number of hydrogen-bond donors (Lipinski definition) is 1. The SMILES string of the molecule is O=C(Cn1cccn1)NCc1ccc(-c2ccco2)nc1. The van der Waals surface area contributed by atoms with Crippen LogP contribution < -0.4 is 5.32 Å². The molecule has 3 heterocycles. The summed E-state index contributed by atoms with van der Waals surface area (Å²) in [5.74, 6) is 0.637. The van der Waals surface area contributed by atoms with Gasteiger partial charge >= 0.3 is 0 Å². The highest BCUT2D eigenvalue weighted by atomic mass is 16.3. The van der Waals surface area contributed by atoms with E-state index in [1.165, 1.54) is 0 Å². The molecule has 21 heavy (non-hydrogen) atoms. The molecule has 3 aromatic heterocycles. The van der Waals surface area contributed by atoms with Crippen molar-refractivity contribution in [1.29, 1.82) is 0 Å². The topological polar surface area (TPSA) is 73.0 Å². The van der Waals surface area contributed by atoms with E-state index in [-0.39, 0.29) is 12.5 Å². The van der Waals surface area contributed by atoms with Crippen molar-refractivity contribution >= 4 is 5.91 Å². The minimum absolute atomic E-state index is 0.0891. The minimum atomic E-state index is -0.0891. The number of nitrogens with one attached hydrogen (secondary N) is 1. The van der Waals surface area contributed by atoms with Crippen molar-refractivity contribution in [3.8, 4) is 11.5 Å². The normalized spacial score (nSPS) is 10.5. The van der Waals surface area contributed by atoms with Crippen LogP contribution in [0.25, 0.3) is 11.5 Å². The van der Waals surface area contributed by atoms with Crippen molar-refractivity contribution in [1.82, 2.24) is 20.1 Å². The highest BCUT2D eigenvalue weighted by molar-refractivity contribution is 5.75. The molecular weight excluding hydrogens is 268 g/mol. The fraction of sp³-hybridized carbons (Fsp3) is 0.133. The third-order valence-corrected chi connectivity index (χ3v) is 2.95. The molecule has 0 fully saturated rings. The fourth-order valence-electron chi connectivity index (χ4n) is 1.90. The van der Waals surface area contributed by atoms with Crippen LogP contribution in [0.4, 0.5) is 0 Å². The van der Waals surface area contributed by atoms with Crippen LogP contribution in [0.2, 0.25) is 0 Å². The molecule has 0 aliphatic rings. The Morgan fingerprint density at radius 2 is 2.24 bits per heavy atom. The number of nitrogens with zero attached hydrogens (tertiary/aromatic N) is 3. The van der Waals surface area contributed by atoms with Gasteiger partial charge in [-0.05, 0) is 29.8 Å². The molecule has 3 aromatic rings. The van der Waals surface area contributed by atoms with Crippen LogP contribution in [0.5, 0.6) is 0 Å². The Labute approximate surface area is 121 Å². The van der Waals surface area contributed by atoms with Gasteiger partial charge in [0.1, 0.15) is 12.2 Å². The van der Waals surface area contributed by atoms with Crippen LogP contribution in [0, 0.1) is 0 Å². The average molecular weight is 282 g/mol. The first kappa shape index (κ1) is 13.1. The van der Waals surface area contributed by atoms with Gasteiger partial charge in [-0.2, -0.15) is 5.10 Å². The molecule has 6 heteroatoms. The number of aromatic nitrogens is 3. The van der Waals surface area contributed by atoms with Gasteiger partial charge in [0, 0.05) is 25.1 Å². The largest absolute Gasteiger partial charge is 0.463 e.